The molecule has 0 atom stereocenters. The fourth-order valence-electron chi connectivity index (χ4n) is 2.17. The third-order valence-corrected chi connectivity index (χ3v) is 3.57. The molecule has 0 unspecified atom stereocenters. The van der Waals surface area contributed by atoms with Crippen LogP contribution in [0, 0.1) is 0 Å². The zero-order chi connectivity index (χ0) is 12.4. The van der Waals surface area contributed by atoms with Crippen molar-refractivity contribution in [3.8, 4) is 5.75 Å². The number of anilines is 1. The van der Waals surface area contributed by atoms with Crippen LogP contribution >= 0.6 is 15.9 Å². The first kappa shape index (κ1) is 11.6. The molecule has 1 aliphatic rings. The maximum absolute atomic E-state index is 5.78. The SMILES string of the molecule is Brc1cccc(OCc2ccc3c(c2)CCN3)c1. The van der Waals surface area contributed by atoms with Gasteiger partial charge in [0.15, 0.2) is 0 Å². The summed E-state index contributed by atoms with van der Waals surface area (Å²) in [5.74, 6) is 0.892. The molecule has 2 aromatic carbocycles. The molecule has 0 radical (unpaired) electrons. The van der Waals surface area contributed by atoms with Crippen molar-refractivity contribution in [3.63, 3.8) is 0 Å². The fraction of sp³-hybridized carbons (Fsp3) is 0.200. The molecule has 3 rings (SSSR count). The number of hydrogen-bond donors (Lipinski definition) is 1. The molecule has 1 N–H and O–H groups in total. The van der Waals surface area contributed by atoms with Gasteiger partial charge < -0.3 is 10.1 Å². The number of fused-ring (bicyclic) bond motifs is 1. The van der Waals surface area contributed by atoms with E-state index in [1.165, 1.54) is 16.8 Å². The van der Waals surface area contributed by atoms with E-state index in [4.69, 9.17) is 4.74 Å². The van der Waals surface area contributed by atoms with Gasteiger partial charge in [-0.25, -0.2) is 0 Å². The van der Waals surface area contributed by atoms with E-state index in [1.54, 1.807) is 0 Å². The highest BCUT2D eigenvalue weighted by molar-refractivity contribution is 9.10. The Balaban J connectivity index is 1.70. The van der Waals surface area contributed by atoms with Crippen LogP contribution in [0.15, 0.2) is 46.9 Å². The Hall–Kier alpha value is -1.48. The van der Waals surface area contributed by atoms with Crippen LogP contribution in [0.25, 0.3) is 0 Å². The lowest BCUT2D eigenvalue weighted by Gasteiger charge is -2.08. The van der Waals surface area contributed by atoms with E-state index in [9.17, 15) is 0 Å². The number of benzene rings is 2. The molecule has 0 saturated carbocycles. The summed E-state index contributed by atoms with van der Waals surface area (Å²) < 4.78 is 6.82. The van der Waals surface area contributed by atoms with Crippen LogP contribution < -0.4 is 10.1 Å². The van der Waals surface area contributed by atoms with E-state index in [2.05, 4.69) is 39.4 Å². The Morgan fingerprint density at radius 3 is 3.00 bits per heavy atom. The van der Waals surface area contributed by atoms with Crippen LogP contribution in [0.2, 0.25) is 0 Å². The molecular weight excluding hydrogens is 290 g/mol. The third-order valence-electron chi connectivity index (χ3n) is 3.08. The molecule has 2 nitrogen and oxygen atoms in total. The lowest BCUT2D eigenvalue weighted by atomic mass is 10.1. The van der Waals surface area contributed by atoms with E-state index in [-0.39, 0.29) is 0 Å². The fourth-order valence-corrected chi connectivity index (χ4v) is 2.55. The smallest absolute Gasteiger partial charge is 0.120 e. The highest BCUT2D eigenvalue weighted by Gasteiger charge is 2.09. The highest BCUT2D eigenvalue weighted by atomic mass is 79.9. The molecule has 2 aromatic rings. The molecular formula is C15H14BrNO. The van der Waals surface area contributed by atoms with Crippen LogP contribution in [-0.2, 0) is 13.0 Å². The molecule has 1 heterocycles. The van der Waals surface area contributed by atoms with Gasteiger partial charge in [-0.2, -0.15) is 0 Å². The van der Waals surface area contributed by atoms with E-state index in [0.29, 0.717) is 6.61 Å². The lowest BCUT2D eigenvalue weighted by Crippen LogP contribution is -1.96. The van der Waals surface area contributed by atoms with E-state index >= 15 is 0 Å². The summed E-state index contributed by atoms with van der Waals surface area (Å²) in [5, 5.41) is 3.36. The standard InChI is InChI=1S/C15H14BrNO/c16-13-2-1-3-14(9-13)18-10-11-4-5-15-12(8-11)6-7-17-15/h1-5,8-9,17H,6-7,10H2. The van der Waals surface area contributed by atoms with Crippen molar-refractivity contribution in [1.29, 1.82) is 0 Å². The summed E-state index contributed by atoms with van der Waals surface area (Å²) in [6.07, 6.45) is 1.11. The molecule has 0 saturated heterocycles. The largest absolute Gasteiger partial charge is 0.489 e. The topological polar surface area (TPSA) is 21.3 Å². The summed E-state index contributed by atoms with van der Waals surface area (Å²) in [4.78, 5) is 0. The van der Waals surface area contributed by atoms with Gasteiger partial charge in [0.1, 0.15) is 12.4 Å². The van der Waals surface area contributed by atoms with Crippen molar-refractivity contribution in [3.05, 3.63) is 58.1 Å². The second-order valence-corrected chi connectivity index (χ2v) is 5.33. The molecule has 0 amide bonds. The van der Waals surface area contributed by atoms with Gasteiger partial charge in [0.05, 0.1) is 0 Å². The first-order valence-corrected chi connectivity index (χ1v) is 6.84. The zero-order valence-corrected chi connectivity index (χ0v) is 11.5. The molecule has 0 fully saturated rings. The van der Waals surface area contributed by atoms with Crippen LogP contribution in [0.3, 0.4) is 0 Å². The van der Waals surface area contributed by atoms with E-state index in [1.807, 2.05) is 24.3 Å². The minimum atomic E-state index is 0.615. The van der Waals surface area contributed by atoms with Gasteiger partial charge in [-0.1, -0.05) is 34.1 Å². The summed E-state index contributed by atoms with van der Waals surface area (Å²) >= 11 is 3.44. The average molecular weight is 304 g/mol. The van der Waals surface area contributed by atoms with Crippen LogP contribution in [0.4, 0.5) is 5.69 Å². The molecule has 0 aromatic heterocycles. The van der Waals surface area contributed by atoms with Crippen molar-refractivity contribution < 1.29 is 4.74 Å². The molecule has 92 valence electrons. The van der Waals surface area contributed by atoms with Crippen molar-refractivity contribution in [1.82, 2.24) is 0 Å². The monoisotopic (exact) mass is 303 g/mol. The van der Waals surface area contributed by atoms with Gasteiger partial charge in [0.25, 0.3) is 0 Å². The molecule has 0 aliphatic carbocycles. The van der Waals surface area contributed by atoms with Crippen molar-refractivity contribution in [2.75, 3.05) is 11.9 Å². The third kappa shape index (κ3) is 2.51. The van der Waals surface area contributed by atoms with Gasteiger partial charge in [-0.3, -0.25) is 0 Å². The summed E-state index contributed by atoms with van der Waals surface area (Å²) in [7, 11) is 0. The first-order chi connectivity index (χ1) is 8.81. The summed E-state index contributed by atoms with van der Waals surface area (Å²) in [5.41, 5.74) is 3.88. The molecule has 18 heavy (non-hydrogen) atoms. The zero-order valence-electron chi connectivity index (χ0n) is 9.95. The Kier molecular flexibility index (Phi) is 3.24. The number of hydrogen-bond acceptors (Lipinski definition) is 2. The lowest BCUT2D eigenvalue weighted by molar-refractivity contribution is 0.306. The second-order valence-electron chi connectivity index (χ2n) is 4.41. The summed E-state index contributed by atoms with van der Waals surface area (Å²) in [6.45, 7) is 1.66. The predicted octanol–water partition coefficient (Wildman–Crippen LogP) is 4.00. The number of rotatable bonds is 3. The quantitative estimate of drug-likeness (QED) is 0.925. The Morgan fingerprint density at radius 1 is 1.17 bits per heavy atom. The van der Waals surface area contributed by atoms with Crippen LogP contribution in [0.5, 0.6) is 5.75 Å². The Morgan fingerprint density at radius 2 is 2.11 bits per heavy atom. The van der Waals surface area contributed by atoms with Gasteiger partial charge in [-0.05, 0) is 41.8 Å². The van der Waals surface area contributed by atoms with Crippen LogP contribution in [0.1, 0.15) is 11.1 Å². The minimum absolute atomic E-state index is 0.615. The Bertz CT molecular complexity index is 568. The second kappa shape index (κ2) is 5.02. The number of ether oxygens (including phenoxy) is 1. The molecule has 0 spiro atoms. The molecule has 3 heteroatoms. The number of nitrogens with one attached hydrogen (secondary N) is 1. The highest BCUT2D eigenvalue weighted by Crippen LogP contribution is 2.24. The van der Waals surface area contributed by atoms with Gasteiger partial charge in [-0.15, -0.1) is 0 Å². The van der Waals surface area contributed by atoms with Crippen molar-refractivity contribution in [2.24, 2.45) is 0 Å². The summed E-state index contributed by atoms with van der Waals surface area (Å²) in [6, 6.07) is 14.4. The maximum Gasteiger partial charge on any atom is 0.120 e. The Labute approximate surface area is 115 Å². The van der Waals surface area contributed by atoms with Crippen LogP contribution in [-0.4, -0.2) is 6.54 Å². The molecule has 1 aliphatic heterocycles. The van der Waals surface area contributed by atoms with E-state index in [0.717, 1.165) is 23.2 Å². The molecule has 0 bridgehead atoms. The minimum Gasteiger partial charge on any atom is -0.489 e. The first-order valence-electron chi connectivity index (χ1n) is 6.05. The van der Waals surface area contributed by atoms with Gasteiger partial charge >= 0.3 is 0 Å². The number of halogens is 1. The van der Waals surface area contributed by atoms with Crippen molar-refractivity contribution in [2.45, 2.75) is 13.0 Å². The van der Waals surface area contributed by atoms with Gasteiger partial charge in [0, 0.05) is 16.7 Å². The maximum atomic E-state index is 5.78. The average Bonchev–Trinajstić information content (AvgIpc) is 2.84. The van der Waals surface area contributed by atoms with Crippen molar-refractivity contribution >= 4 is 21.6 Å². The predicted molar refractivity (Wildman–Crippen MR) is 77.1 cm³/mol. The normalized spacial score (nSPS) is 12.9. The van der Waals surface area contributed by atoms with Gasteiger partial charge in [0.2, 0.25) is 0 Å². The van der Waals surface area contributed by atoms with E-state index < -0.39 is 0 Å².